The summed E-state index contributed by atoms with van der Waals surface area (Å²) in [5.41, 5.74) is -1.50. The minimum absolute atomic E-state index is 0.0577. The second kappa shape index (κ2) is 8.06. The first kappa shape index (κ1) is 19.8. The Kier molecular flexibility index (Phi) is 6.95. The Morgan fingerprint density at radius 3 is 2.57 bits per heavy atom. The largest absolute Gasteiger partial charge is 0.416 e. The lowest BCUT2D eigenvalue weighted by atomic mass is 9.93. The zero-order valence-corrected chi connectivity index (χ0v) is 14.2. The van der Waals surface area contributed by atoms with Gasteiger partial charge in [0, 0.05) is 12.3 Å². The van der Waals surface area contributed by atoms with Crippen LogP contribution in [0.15, 0.2) is 24.3 Å². The Labute approximate surface area is 138 Å². The van der Waals surface area contributed by atoms with E-state index in [0.29, 0.717) is 17.7 Å². The summed E-state index contributed by atoms with van der Waals surface area (Å²) in [6, 6.07) is 4.81. The number of thioether (sulfide) groups is 1. The molecule has 1 rings (SSSR count). The maximum atomic E-state index is 12.8. The van der Waals surface area contributed by atoms with Crippen molar-refractivity contribution in [3.8, 4) is 0 Å². The zero-order chi connectivity index (χ0) is 17.7. The monoisotopic (exact) mass is 349 g/mol. The third-order valence-electron chi connectivity index (χ3n) is 3.44. The molecule has 130 valence electrons. The van der Waals surface area contributed by atoms with E-state index >= 15 is 0 Å². The SMILES string of the molecule is CCC(C(=O)NCC(C)(O)CSC)c1cccc(C(F)(F)F)c1. The van der Waals surface area contributed by atoms with E-state index in [-0.39, 0.29) is 12.5 Å². The van der Waals surface area contributed by atoms with Crippen LogP contribution in [0.5, 0.6) is 0 Å². The summed E-state index contributed by atoms with van der Waals surface area (Å²) >= 11 is 1.45. The highest BCUT2D eigenvalue weighted by atomic mass is 32.2. The molecule has 1 aromatic rings. The summed E-state index contributed by atoms with van der Waals surface area (Å²) in [5.74, 6) is -0.608. The number of hydrogen-bond donors (Lipinski definition) is 2. The third-order valence-corrected chi connectivity index (χ3v) is 4.35. The molecule has 2 N–H and O–H groups in total. The van der Waals surface area contributed by atoms with Gasteiger partial charge in [-0.2, -0.15) is 24.9 Å². The molecule has 0 saturated carbocycles. The first-order valence-corrected chi connectivity index (χ1v) is 8.66. The Balaban J connectivity index is 2.86. The van der Waals surface area contributed by atoms with Crippen LogP contribution < -0.4 is 5.32 Å². The van der Waals surface area contributed by atoms with E-state index in [4.69, 9.17) is 0 Å². The molecule has 1 amide bonds. The van der Waals surface area contributed by atoms with Crippen LogP contribution in [0.25, 0.3) is 0 Å². The van der Waals surface area contributed by atoms with Gasteiger partial charge in [-0.3, -0.25) is 4.79 Å². The average molecular weight is 349 g/mol. The van der Waals surface area contributed by atoms with E-state index in [9.17, 15) is 23.1 Å². The van der Waals surface area contributed by atoms with E-state index in [1.807, 2.05) is 6.26 Å². The molecule has 23 heavy (non-hydrogen) atoms. The Morgan fingerprint density at radius 2 is 2.04 bits per heavy atom. The van der Waals surface area contributed by atoms with Crippen molar-refractivity contribution in [3.63, 3.8) is 0 Å². The van der Waals surface area contributed by atoms with Gasteiger partial charge >= 0.3 is 6.18 Å². The van der Waals surface area contributed by atoms with Crippen molar-refractivity contribution in [3.05, 3.63) is 35.4 Å². The summed E-state index contributed by atoms with van der Waals surface area (Å²) in [6.45, 7) is 3.40. The van der Waals surface area contributed by atoms with Crippen LogP contribution in [-0.4, -0.2) is 35.2 Å². The number of carbonyl (C=O) groups excluding carboxylic acids is 1. The molecule has 3 nitrogen and oxygen atoms in total. The number of halogens is 3. The molecule has 0 heterocycles. The molecule has 0 fully saturated rings. The van der Waals surface area contributed by atoms with Crippen molar-refractivity contribution in [2.75, 3.05) is 18.6 Å². The van der Waals surface area contributed by atoms with Crippen LogP contribution in [0, 0.1) is 0 Å². The Bertz CT molecular complexity index is 532. The number of amides is 1. The standard InChI is InChI=1S/C16H22F3NO2S/c1-4-13(14(21)20-9-15(2,22)10-23-3)11-6-5-7-12(8-11)16(17,18)19/h5-8,13,22H,4,9-10H2,1-3H3,(H,20,21). The van der Waals surface area contributed by atoms with Crippen LogP contribution in [0.4, 0.5) is 13.2 Å². The average Bonchev–Trinajstić information content (AvgIpc) is 2.45. The molecule has 0 spiro atoms. The number of hydrogen-bond acceptors (Lipinski definition) is 3. The molecular weight excluding hydrogens is 327 g/mol. The molecule has 0 aliphatic carbocycles. The molecule has 7 heteroatoms. The fourth-order valence-corrected chi connectivity index (χ4v) is 2.99. The van der Waals surface area contributed by atoms with Crippen LogP contribution >= 0.6 is 11.8 Å². The lowest BCUT2D eigenvalue weighted by Gasteiger charge is -2.24. The topological polar surface area (TPSA) is 49.3 Å². The minimum atomic E-state index is -4.44. The summed E-state index contributed by atoms with van der Waals surface area (Å²) in [4.78, 5) is 12.3. The highest BCUT2D eigenvalue weighted by Gasteiger charge is 2.32. The molecule has 0 saturated heterocycles. The third kappa shape index (κ3) is 6.06. The van der Waals surface area contributed by atoms with Crippen molar-refractivity contribution in [2.45, 2.75) is 38.0 Å². The molecule has 0 aliphatic rings. The fraction of sp³-hybridized carbons (Fsp3) is 0.562. The zero-order valence-electron chi connectivity index (χ0n) is 13.4. The Hall–Kier alpha value is -1.21. The second-order valence-corrected chi connectivity index (χ2v) is 6.60. The summed E-state index contributed by atoms with van der Waals surface area (Å²) < 4.78 is 38.4. The van der Waals surface area contributed by atoms with E-state index < -0.39 is 23.3 Å². The smallest absolute Gasteiger partial charge is 0.387 e. The molecule has 0 bridgehead atoms. The fourth-order valence-electron chi connectivity index (χ4n) is 2.27. The number of aliphatic hydroxyl groups is 1. The molecule has 0 radical (unpaired) electrons. The van der Waals surface area contributed by atoms with Gasteiger partial charge in [-0.25, -0.2) is 0 Å². The van der Waals surface area contributed by atoms with Gasteiger partial charge < -0.3 is 10.4 Å². The normalized spacial score (nSPS) is 15.8. The van der Waals surface area contributed by atoms with Gasteiger partial charge in [0.05, 0.1) is 17.1 Å². The van der Waals surface area contributed by atoms with Crippen molar-refractivity contribution in [1.82, 2.24) is 5.32 Å². The lowest BCUT2D eigenvalue weighted by Crippen LogP contribution is -2.43. The van der Waals surface area contributed by atoms with Crippen molar-refractivity contribution in [2.24, 2.45) is 0 Å². The molecule has 0 aliphatic heterocycles. The van der Waals surface area contributed by atoms with Gasteiger partial charge in [-0.05, 0) is 31.2 Å². The maximum Gasteiger partial charge on any atom is 0.416 e. The maximum absolute atomic E-state index is 12.8. The first-order chi connectivity index (χ1) is 10.6. The van der Waals surface area contributed by atoms with Crippen LogP contribution in [-0.2, 0) is 11.0 Å². The summed E-state index contributed by atoms with van der Waals surface area (Å²) in [5, 5.41) is 12.7. The van der Waals surface area contributed by atoms with Gasteiger partial charge in [-0.1, -0.05) is 25.1 Å². The van der Waals surface area contributed by atoms with E-state index in [2.05, 4.69) is 5.32 Å². The molecule has 2 atom stereocenters. The van der Waals surface area contributed by atoms with E-state index in [1.165, 1.54) is 23.9 Å². The predicted molar refractivity (Wildman–Crippen MR) is 86.5 cm³/mol. The number of benzene rings is 1. The number of alkyl halides is 3. The number of nitrogens with one attached hydrogen (secondary N) is 1. The minimum Gasteiger partial charge on any atom is -0.387 e. The highest BCUT2D eigenvalue weighted by molar-refractivity contribution is 7.98. The van der Waals surface area contributed by atoms with Crippen molar-refractivity contribution in [1.29, 1.82) is 0 Å². The predicted octanol–water partition coefficient (Wildman–Crippen LogP) is 3.43. The second-order valence-electron chi connectivity index (χ2n) is 5.73. The number of carbonyl (C=O) groups is 1. The van der Waals surface area contributed by atoms with Gasteiger partial charge in [0.25, 0.3) is 0 Å². The van der Waals surface area contributed by atoms with Crippen molar-refractivity contribution >= 4 is 17.7 Å². The number of rotatable bonds is 7. The van der Waals surface area contributed by atoms with Crippen LogP contribution in [0.1, 0.15) is 37.3 Å². The molecule has 1 aromatic carbocycles. The summed E-state index contributed by atoms with van der Waals surface area (Å²) in [6.07, 6.45) is -2.22. The van der Waals surface area contributed by atoms with E-state index in [1.54, 1.807) is 13.8 Å². The lowest BCUT2D eigenvalue weighted by molar-refractivity contribution is -0.137. The van der Waals surface area contributed by atoms with Crippen molar-refractivity contribution < 1.29 is 23.1 Å². The van der Waals surface area contributed by atoms with E-state index in [0.717, 1.165) is 12.1 Å². The highest BCUT2D eigenvalue weighted by Crippen LogP contribution is 2.31. The van der Waals surface area contributed by atoms with Crippen LogP contribution in [0.2, 0.25) is 0 Å². The molecule has 0 aromatic heterocycles. The molecule has 2 unspecified atom stereocenters. The summed E-state index contributed by atoms with van der Waals surface area (Å²) in [7, 11) is 0. The van der Waals surface area contributed by atoms with Gasteiger partial charge in [-0.15, -0.1) is 0 Å². The quantitative estimate of drug-likeness (QED) is 0.793. The molecular formula is C16H22F3NO2S. The van der Waals surface area contributed by atoms with Gasteiger partial charge in [0.1, 0.15) is 0 Å². The Morgan fingerprint density at radius 1 is 1.39 bits per heavy atom. The van der Waals surface area contributed by atoms with Gasteiger partial charge in [0.15, 0.2) is 0 Å². The van der Waals surface area contributed by atoms with Gasteiger partial charge in [0.2, 0.25) is 5.91 Å². The first-order valence-electron chi connectivity index (χ1n) is 7.27. The van der Waals surface area contributed by atoms with Crippen LogP contribution in [0.3, 0.4) is 0 Å².